The third-order valence-corrected chi connectivity index (χ3v) is 7.25. The minimum Gasteiger partial charge on any atom is -0.305 e. The van der Waals surface area contributed by atoms with E-state index in [9.17, 15) is 159 Å². The lowest BCUT2D eigenvalue weighted by Crippen LogP contribution is -2.75. The molecule has 0 radical (unpaired) electrons. The number of halogens is 34. The van der Waals surface area contributed by atoms with Gasteiger partial charge in [-0.15, -0.1) is 0 Å². The van der Waals surface area contributed by atoms with E-state index in [2.05, 4.69) is 4.98 Å². The van der Waals surface area contributed by atoms with Gasteiger partial charge in [-0.3, -0.25) is 9.59 Å². The highest BCUT2D eigenvalue weighted by molar-refractivity contribution is 5.98. The van der Waals surface area contributed by atoms with E-state index < -0.39 is 119 Å². The Balaban J connectivity index is 3.63. The largest absolute Gasteiger partial charge is 0.460 e. The first-order chi connectivity index (χ1) is 26.5. The Labute approximate surface area is 312 Å². The van der Waals surface area contributed by atoms with Gasteiger partial charge in [-0.25, -0.2) is 4.98 Å². The van der Waals surface area contributed by atoms with Crippen molar-refractivity contribution in [3.63, 3.8) is 0 Å². The second-order valence-corrected chi connectivity index (χ2v) is 11.4. The first-order valence-electron chi connectivity index (χ1n) is 13.5. The van der Waals surface area contributed by atoms with Gasteiger partial charge in [0.15, 0.2) is 0 Å². The molecule has 0 unspecified atom stereocenters. The summed E-state index contributed by atoms with van der Waals surface area (Å²) in [6.45, 7) is 0. The molecule has 0 bridgehead atoms. The van der Waals surface area contributed by atoms with E-state index in [0.29, 0.717) is 0 Å². The molecule has 1 aromatic rings. The molecule has 5 nitrogen and oxygen atoms in total. The predicted octanol–water partition coefficient (Wildman–Crippen LogP) is 11.0. The molecule has 362 valence electrons. The number of hydrogen-bond acceptors (Lipinski definition) is 3. The molecule has 0 fully saturated rings. The third-order valence-electron chi connectivity index (χ3n) is 7.25. The Kier molecular flexibility index (Phi) is 13.1. The van der Waals surface area contributed by atoms with Gasteiger partial charge in [-0.05, 0) is 12.1 Å². The summed E-state index contributed by atoms with van der Waals surface area (Å²) in [5, 5.41) is -0.119. The number of anilines is 2. The van der Waals surface area contributed by atoms with Crippen LogP contribution in [0.1, 0.15) is 0 Å². The van der Waals surface area contributed by atoms with Gasteiger partial charge in [-0.2, -0.15) is 149 Å². The van der Waals surface area contributed by atoms with Gasteiger partial charge in [0.1, 0.15) is 11.6 Å². The standard InChI is InChI=1S/C23H5F34N3O2/c24-8(25,10(28,29)12(32,33)14(36,37)16(40,41)18(44,45)20(48,49)22(52,53)54)6(61)59-4-2-1-3-5(58-4)60-7(62)9(26,27)11(30,31)13(34,35)15(38,39)17(42,43)19(46,47)21(50,51)23(55,56)57/h1-3H,(H2,58,59,60,61,62). The molecule has 1 aromatic heterocycles. The molecule has 1 rings (SSSR count). The van der Waals surface area contributed by atoms with Crippen LogP contribution < -0.4 is 10.6 Å². The lowest BCUT2D eigenvalue weighted by Gasteiger charge is -2.42. The molecule has 2 amide bonds. The fraction of sp³-hybridized carbons (Fsp3) is 0.696. The number of carbonyl (C=O) groups excluding carboxylic acids is 2. The van der Waals surface area contributed by atoms with Crippen LogP contribution in [0.3, 0.4) is 0 Å². The maximum Gasteiger partial charge on any atom is 0.460 e. The second-order valence-electron chi connectivity index (χ2n) is 11.4. The molecule has 0 aliphatic heterocycles. The first-order valence-corrected chi connectivity index (χ1v) is 13.5. The number of carbonyl (C=O) groups is 2. The summed E-state index contributed by atoms with van der Waals surface area (Å²) in [4.78, 5) is 25.5. The summed E-state index contributed by atoms with van der Waals surface area (Å²) in [5.41, 5.74) is 0. The summed E-state index contributed by atoms with van der Waals surface area (Å²) >= 11 is 0. The van der Waals surface area contributed by atoms with Crippen molar-refractivity contribution in [1.82, 2.24) is 4.98 Å². The van der Waals surface area contributed by atoms with Crippen molar-refractivity contribution in [2.45, 2.75) is 95.3 Å². The molecule has 0 aliphatic carbocycles. The average molecular weight is 1000 g/mol. The summed E-state index contributed by atoms with van der Waals surface area (Å²) in [6, 6.07) is -0.949. The number of alkyl halides is 34. The molecule has 0 saturated heterocycles. The van der Waals surface area contributed by atoms with Crippen LogP contribution in [0.15, 0.2) is 18.2 Å². The van der Waals surface area contributed by atoms with Crippen LogP contribution in [0.25, 0.3) is 0 Å². The van der Waals surface area contributed by atoms with E-state index in [1.165, 1.54) is 0 Å². The van der Waals surface area contributed by atoms with Crippen molar-refractivity contribution in [1.29, 1.82) is 0 Å². The van der Waals surface area contributed by atoms with E-state index in [0.717, 1.165) is 0 Å². The molecule has 0 saturated carbocycles. The molecule has 0 aromatic carbocycles. The molecule has 62 heavy (non-hydrogen) atoms. The Morgan fingerprint density at radius 2 is 0.484 bits per heavy atom. The zero-order valence-electron chi connectivity index (χ0n) is 26.8. The van der Waals surface area contributed by atoms with Gasteiger partial charge in [0.25, 0.3) is 0 Å². The van der Waals surface area contributed by atoms with Crippen molar-refractivity contribution in [2.75, 3.05) is 10.6 Å². The molecule has 39 heteroatoms. The zero-order valence-corrected chi connectivity index (χ0v) is 26.8. The number of rotatable bonds is 16. The van der Waals surface area contributed by atoms with Crippen LogP contribution in [0, 0.1) is 0 Å². The highest BCUT2D eigenvalue weighted by Gasteiger charge is 2.97. The smallest absolute Gasteiger partial charge is 0.305 e. The lowest BCUT2D eigenvalue weighted by atomic mass is 9.89. The normalized spacial score (nSPS) is 16.0. The number of nitrogens with one attached hydrogen (secondary N) is 2. The fourth-order valence-electron chi connectivity index (χ4n) is 3.58. The Morgan fingerprint density at radius 3 is 0.677 bits per heavy atom. The minimum absolute atomic E-state index is 0.0593. The fourth-order valence-corrected chi connectivity index (χ4v) is 3.58. The van der Waals surface area contributed by atoms with E-state index >= 15 is 0 Å². The minimum atomic E-state index is -9.23. The molecular weight excluding hydrogens is 996 g/mol. The van der Waals surface area contributed by atoms with E-state index in [4.69, 9.17) is 0 Å². The first kappa shape index (κ1) is 55.7. The predicted molar refractivity (Wildman–Crippen MR) is 123 cm³/mol. The Bertz CT molecular complexity index is 1710. The second kappa shape index (κ2) is 14.6. The van der Waals surface area contributed by atoms with Crippen LogP contribution in [-0.2, 0) is 9.59 Å². The molecule has 0 spiro atoms. The molecule has 0 aliphatic rings. The number of amides is 2. The summed E-state index contributed by atoms with van der Waals surface area (Å²) < 4.78 is 456. The van der Waals surface area contributed by atoms with E-state index in [1.807, 2.05) is 0 Å². The van der Waals surface area contributed by atoms with E-state index in [1.54, 1.807) is 0 Å². The van der Waals surface area contributed by atoms with Gasteiger partial charge >= 0.3 is 107 Å². The van der Waals surface area contributed by atoms with E-state index in [-0.39, 0.29) is 28.8 Å². The van der Waals surface area contributed by atoms with Crippen molar-refractivity contribution >= 4 is 23.5 Å². The van der Waals surface area contributed by atoms with Gasteiger partial charge in [-0.1, -0.05) is 6.07 Å². The molecule has 1 heterocycles. The average Bonchev–Trinajstić information content (AvgIpc) is 3.06. The lowest BCUT2D eigenvalue weighted by molar-refractivity contribution is -0.459. The number of aromatic nitrogens is 1. The monoisotopic (exact) mass is 1000 g/mol. The van der Waals surface area contributed by atoms with Gasteiger partial charge in [0.2, 0.25) is 0 Å². The summed E-state index contributed by atoms with van der Waals surface area (Å²) in [5.74, 6) is -137. The van der Waals surface area contributed by atoms with Crippen LogP contribution in [-0.4, -0.2) is 112 Å². The SMILES string of the molecule is O=C(Nc1cccc(NC(=O)C(F)(F)C(F)(F)C(F)(F)C(F)(F)C(F)(F)C(F)(F)C(F)(F)C(F)(F)F)n1)C(F)(F)C(F)(F)C(F)(F)C(F)(F)C(F)(F)C(F)(F)C(F)(F)C(F)(F)F. The van der Waals surface area contributed by atoms with Crippen LogP contribution in [0.5, 0.6) is 0 Å². The molecule has 0 atom stereocenters. The maximum atomic E-state index is 14.2. The Hall–Kier alpha value is -4.29. The zero-order chi connectivity index (χ0) is 50.6. The van der Waals surface area contributed by atoms with Gasteiger partial charge in [0, 0.05) is 0 Å². The maximum absolute atomic E-state index is 14.2. The van der Waals surface area contributed by atoms with Gasteiger partial charge < -0.3 is 10.6 Å². The topological polar surface area (TPSA) is 71.1 Å². The van der Waals surface area contributed by atoms with Crippen LogP contribution in [0.2, 0.25) is 0 Å². The Morgan fingerprint density at radius 1 is 0.306 bits per heavy atom. The molecule has 2 N–H and O–H groups in total. The van der Waals surface area contributed by atoms with Crippen molar-refractivity contribution in [2.24, 2.45) is 0 Å². The number of nitrogens with zero attached hydrogens (tertiary/aromatic N) is 1. The van der Waals surface area contributed by atoms with Crippen LogP contribution in [0.4, 0.5) is 161 Å². The van der Waals surface area contributed by atoms with Crippen molar-refractivity contribution in [3.8, 4) is 0 Å². The summed E-state index contributed by atoms with van der Waals surface area (Å²) in [6.07, 6.45) is -16.3. The highest BCUT2D eigenvalue weighted by atomic mass is 19.4. The number of pyridine rings is 1. The highest BCUT2D eigenvalue weighted by Crippen LogP contribution is 2.66. The molecular formula is C23H5F34N3O2. The third kappa shape index (κ3) is 7.24. The van der Waals surface area contributed by atoms with Gasteiger partial charge in [0.05, 0.1) is 0 Å². The summed E-state index contributed by atoms with van der Waals surface area (Å²) in [7, 11) is 0. The van der Waals surface area contributed by atoms with Crippen LogP contribution >= 0.6 is 0 Å². The number of hydrogen-bond donors (Lipinski definition) is 2. The quantitative estimate of drug-likeness (QED) is 0.162. The van der Waals surface area contributed by atoms with Crippen molar-refractivity contribution in [3.05, 3.63) is 18.2 Å². The van der Waals surface area contributed by atoms with Crippen molar-refractivity contribution < 1.29 is 159 Å².